The Kier molecular flexibility index (Phi) is 4.64. The number of sulfone groups is 1. The Labute approximate surface area is 100 Å². The van der Waals surface area contributed by atoms with Crippen molar-refractivity contribution in [1.29, 1.82) is 0 Å². The van der Waals surface area contributed by atoms with Crippen LogP contribution in [0.1, 0.15) is 5.82 Å². The predicted molar refractivity (Wildman–Crippen MR) is 65.4 cm³/mol. The molecule has 0 radical (unpaired) electrons. The standard InChI is InChI=1S/C9H16N4O3S/c1-16-6-9-12-7(10)5-8(13-9)11-3-4-17(2,14)15/h5H,3-4,6H2,1-2H3,(H3,10,11,12,13). The van der Waals surface area contributed by atoms with E-state index in [0.29, 0.717) is 17.5 Å². The van der Waals surface area contributed by atoms with Crippen molar-refractivity contribution in [2.45, 2.75) is 6.61 Å². The number of nitrogen functional groups attached to an aromatic ring is 1. The Morgan fingerprint density at radius 3 is 2.76 bits per heavy atom. The zero-order valence-corrected chi connectivity index (χ0v) is 10.6. The molecule has 0 amide bonds. The van der Waals surface area contributed by atoms with Crippen LogP contribution in [-0.2, 0) is 21.2 Å². The van der Waals surface area contributed by atoms with E-state index in [-0.39, 0.29) is 18.9 Å². The smallest absolute Gasteiger partial charge is 0.158 e. The number of rotatable bonds is 6. The molecule has 0 bridgehead atoms. The van der Waals surface area contributed by atoms with E-state index in [2.05, 4.69) is 15.3 Å². The lowest BCUT2D eigenvalue weighted by Gasteiger charge is -2.07. The highest BCUT2D eigenvalue weighted by Gasteiger charge is 2.04. The fourth-order valence-corrected chi connectivity index (χ4v) is 1.64. The summed E-state index contributed by atoms with van der Waals surface area (Å²) in [7, 11) is -1.46. The molecular formula is C9H16N4O3S. The first kappa shape index (κ1) is 13.7. The molecule has 3 N–H and O–H groups in total. The van der Waals surface area contributed by atoms with Gasteiger partial charge in [-0.25, -0.2) is 18.4 Å². The normalized spacial score (nSPS) is 11.4. The first-order valence-corrected chi connectivity index (χ1v) is 7.01. The number of nitrogens with zero attached hydrogens (tertiary/aromatic N) is 2. The molecule has 0 aromatic carbocycles. The van der Waals surface area contributed by atoms with Crippen molar-refractivity contribution in [3.05, 3.63) is 11.9 Å². The minimum atomic E-state index is -2.99. The van der Waals surface area contributed by atoms with Crippen LogP contribution in [0.25, 0.3) is 0 Å². The zero-order chi connectivity index (χ0) is 12.9. The molecule has 1 heterocycles. The van der Waals surface area contributed by atoms with Gasteiger partial charge in [0, 0.05) is 26.0 Å². The highest BCUT2D eigenvalue weighted by Crippen LogP contribution is 2.08. The molecule has 0 saturated carbocycles. The third kappa shape index (κ3) is 5.45. The van der Waals surface area contributed by atoms with Crippen LogP contribution >= 0.6 is 0 Å². The van der Waals surface area contributed by atoms with Crippen molar-refractivity contribution in [2.24, 2.45) is 0 Å². The van der Waals surface area contributed by atoms with Crippen LogP contribution in [-0.4, -0.2) is 44.0 Å². The maximum Gasteiger partial charge on any atom is 0.158 e. The van der Waals surface area contributed by atoms with E-state index in [4.69, 9.17) is 10.5 Å². The van der Waals surface area contributed by atoms with Crippen molar-refractivity contribution < 1.29 is 13.2 Å². The molecule has 96 valence electrons. The fourth-order valence-electron chi connectivity index (χ4n) is 1.17. The molecule has 0 aliphatic heterocycles. The second-order valence-corrected chi connectivity index (χ2v) is 5.84. The Morgan fingerprint density at radius 1 is 1.47 bits per heavy atom. The van der Waals surface area contributed by atoms with Crippen molar-refractivity contribution >= 4 is 21.5 Å². The summed E-state index contributed by atoms with van der Waals surface area (Å²) in [6.07, 6.45) is 1.18. The predicted octanol–water partition coefficient (Wildman–Crippen LogP) is -0.338. The summed E-state index contributed by atoms with van der Waals surface area (Å²) in [5, 5.41) is 2.87. The summed E-state index contributed by atoms with van der Waals surface area (Å²) in [5.41, 5.74) is 5.58. The Balaban J connectivity index is 2.64. The number of ether oxygens (including phenoxy) is 1. The summed E-state index contributed by atoms with van der Waals surface area (Å²) >= 11 is 0. The minimum absolute atomic E-state index is 0.0382. The lowest BCUT2D eigenvalue weighted by molar-refractivity contribution is 0.178. The average molecular weight is 260 g/mol. The minimum Gasteiger partial charge on any atom is -0.384 e. The first-order valence-electron chi connectivity index (χ1n) is 4.94. The monoisotopic (exact) mass is 260 g/mol. The average Bonchev–Trinajstić information content (AvgIpc) is 2.15. The van der Waals surface area contributed by atoms with Crippen LogP contribution in [0.5, 0.6) is 0 Å². The molecule has 0 spiro atoms. The van der Waals surface area contributed by atoms with E-state index >= 15 is 0 Å². The second kappa shape index (κ2) is 5.78. The topological polar surface area (TPSA) is 107 Å². The molecule has 8 heteroatoms. The van der Waals surface area contributed by atoms with Crippen LogP contribution in [0.4, 0.5) is 11.6 Å². The summed E-state index contributed by atoms with van der Waals surface area (Å²) in [6, 6.07) is 1.54. The van der Waals surface area contributed by atoms with Crippen molar-refractivity contribution in [3.8, 4) is 0 Å². The van der Waals surface area contributed by atoms with E-state index in [1.165, 1.54) is 13.4 Å². The third-order valence-electron chi connectivity index (χ3n) is 1.84. The van der Waals surface area contributed by atoms with E-state index in [1.54, 1.807) is 6.07 Å². The van der Waals surface area contributed by atoms with Gasteiger partial charge in [0.05, 0.1) is 5.75 Å². The Bertz CT molecular complexity index is 475. The highest BCUT2D eigenvalue weighted by molar-refractivity contribution is 7.90. The molecule has 0 saturated heterocycles. The molecule has 1 aromatic heterocycles. The molecule has 0 aliphatic carbocycles. The molecule has 0 atom stereocenters. The van der Waals surface area contributed by atoms with Crippen molar-refractivity contribution in [3.63, 3.8) is 0 Å². The van der Waals surface area contributed by atoms with Crippen LogP contribution in [0.15, 0.2) is 6.07 Å². The van der Waals surface area contributed by atoms with Crippen LogP contribution in [0, 0.1) is 0 Å². The number of aromatic nitrogens is 2. The number of hydrogen-bond acceptors (Lipinski definition) is 7. The summed E-state index contributed by atoms with van der Waals surface area (Å²) in [4.78, 5) is 8.08. The lowest BCUT2D eigenvalue weighted by Crippen LogP contribution is -2.15. The molecule has 1 aromatic rings. The quantitative estimate of drug-likeness (QED) is 0.720. The van der Waals surface area contributed by atoms with Crippen LogP contribution < -0.4 is 11.1 Å². The van der Waals surface area contributed by atoms with E-state index in [1.807, 2.05) is 0 Å². The second-order valence-electron chi connectivity index (χ2n) is 3.58. The molecule has 0 aliphatic rings. The van der Waals surface area contributed by atoms with Crippen molar-refractivity contribution in [1.82, 2.24) is 9.97 Å². The molecular weight excluding hydrogens is 244 g/mol. The Hall–Kier alpha value is -1.41. The molecule has 0 fully saturated rings. The van der Waals surface area contributed by atoms with Crippen LogP contribution in [0.2, 0.25) is 0 Å². The third-order valence-corrected chi connectivity index (χ3v) is 2.79. The molecule has 0 unspecified atom stereocenters. The summed E-state index contributed by atoms with van der Waals surface area (Å²) in [6.45, 7) is 0.535. The molecule has 1 rings (SSSR count). The lowest BCUT2D eigenvalue weighted by atomic mass is 10.5. The van der Waals surface area contributed by atoms with Gasteiger partial charge < -0.3 is 15.8 Å². The van der Waals surface area contributed by atoms with Crippen molar-refractivity contribution in [2.75, 3.05) is 36.7 Å². The fraction of sp³-hybridized carbons (Fsp3) is 0.556. The summed E-state index contributed by atoms with van der Waals surface area (Å²) in [5.74, 6) is 1.30. The molecule has 7 nitrogen and oxygen atoms in total. The van der Waals surface area contributed by atoms with Crippen LogP contribution in [0.3, 0.4) is 0 Å². The highest BCUT2D eigenvalue weighted by atomic mass is 32.2. The number of nitrogens with two attached hydrogens (primary N) is 1. The van der Waals surface area contributed by atoms with Gasteiger partial charge in [-0.2, -0.15) is 0 Å². The first-order chi connectivity index (χ1) is 7.90. The van der Waals surface area contributed by atoms with E-state index < -0.39 is 9.84 Å². The maximum absolute atomic E-state index is 10.9. The maximum atomic E-state index is 10.9. The number of hydrogen-bond donors (Lipinski definition) is 2. The van der Waals surface area contributed by atoms with Gasteiger partial charge in [0.1, 0.15) is 28.1 Å². The van der Waals surface area contributed by atoms with Gasteiger partial charge in [-0.1, -0.05) is 0 Å². The van der Waals surface area contributed by atoms with Gasteiger partial charge in [0.2, 0.25) is 0 Å². The Morgan fingerprint density at radius 2 is 2.18 bits per heavy atom. The van der Waals surface area contributed by atoms with Gasteiger partial charge in [-0.15, -0.1) is 0 Å². The van der Waals surface area contributed by atoms with Gasteiger partial charge in [0.25, 0.3) is 0 Å². The number of anilines is 2. The van der Waals surface area contributed by atoms with Gasteiger partial charge in [-0.3, -0.25) is 0 Å². The van der Waals surface area contributed by atoms with Gasteiger partial charge in [0.15, 0.2) is 5.82 Å². The van der Waals surface area contributed by atoms with Gasteiger partial charge in [-0.05, 0) is 0 Å². The SMILES string of the molecule is COCc1nc(N)cc(NCCS(C)(=O)=O)n1. The summed E-state index contributed by atoms with van der Waals surface area (Å²) < 4.78 is 26.8. The van der Waals surface area contributed by atoms with Gasteiger partial charge >= 0.3 is 0 Å². The number of nitrogens with one attached hydrogen (secondary N) is 1. The van der Waals surface area contributed by atoms with E-state index in [9.17, 15) is 8.42 Å². The largest absolute Gasteiger partial charge is 0.384 e. The van der Waals surface area contributed by atoms with E-state index in [0.717, 1.165) is 0 Å². The molecule has 17 heavy (non-hydrogen) atoms. The zero-order valence-electron chi connectivity index (χ0n) is 9.80. The number of methoxy groups -OCH3 is 1.